The van der Waals surface area contributed by atoms with Gasteiger partial charge in [0.1, 0.15) is 11.9 Å². The fraction of sp³-hybridized carbons (Fsp3) is 0.429. The number of carbonyl (C=O) groups excluding carboxylic acids is 1. The average molecular weight is 370 g/mol. The number of amides is 1. The van der Waals surface area contributed by atoms with E-state index in [9.17, 15) is 4.79 Å². The third kappa shape index (κ3) is 5.20. The van der Waals surface area contributed by atoms with Crippen LogP contribution in [0, 0.1) is 0 Å². The van der Waals surface area contributed by atoms with Gasteiger partial charge in [-0.15, -0.1) is 0 Å². The Morgan fingerprint density at radius 1 is 1.30 bits per heavy atom. The number of hydrogen-bond acceptors (Lipinski definition) is 5. The summed E-state index contributed by atoms with van der Waals surface area (Å²) in [4.78, 5) is 18.5. The van der Waals surface area contributed by atoms with Crippen LogP contribution in [-0.2, 0) is 17.8 Å². The molecule has 144 valence electrons. The highest BCUT2D eigenvalue weighted by Gasteiger charge is 2.28. The second-order valence-electron chi connectivity index (χ2n) is 6.68. The highest BCUT2D eigenvalue weighted by Crippen LogP contribution is 2.21. The molecule has 1 fully saturated rings. The molecule has 6 heteroatoms. The van der Waals surface area contributed by atoms with Gasteiger partial charge in [-0.25, -0.2) is 4.98 Å². The van der Waals surface area contributed by atoms with Crippen LogP contribution in [0.25, 0.3) is 0 Å². The van der Waals surface area contributed by atoms with E-state index in [4.69, 9.17) is 14.6 Å². The Morgan fingerprint density at radius 2 is 2.11 bits per heavy atom. The van der Waals surface area contributed by atoms with Crippen molar-refractivity contribution < 1.29 is 19.4 Å². The van der Waals surface area contributed by atoms with Crippen LogP contribution < -0.4 is 9.47 Å². The molecule has 1 amide bonds. The van der Waals surface area contributed by atoms with Gasteiger partial charge in [-0.3, -0.25) is 4.79 Å². The molecule has 1 atom stereocenters. The minimum atomic E-state index is -0.0536. The molecule has 1 aromatic carbocycles. The van der Waals surface area contributed by atoms with E-state index in [2.05, 4.69) is 11.9 Å². The molecule has 1 unspecified atom stereocenters. The third-order valence-corrected chi connectivity index (χ3v) is 4.61. The molecule has 2 aromatic rings. The highest BCUT2D eigenvalue weighted by atomic mass is 16.5. The number of hydrogen-bond donors (Lipinski definition) is 1. The van der Waals surface area contributed by atoms with Crippen LogP contribution in [0.4, 0.5) is 0 Å². The van der Waals surface area contributed by atoms with E-state index in [1.807, 2.05) is 12.1 Å². The summed E-state index contributed by atoms with van der Waals surface area (Å²) in [5, 5.41) is 9.05. The van der Waals surface area contributed by atoms with Gasteiger partial charge in [0.05, 0.1) is 13.2 Å². The molecule has 27 heavy (non-hydrogen) atoms. The van der Waals surface area contributed by atoms with Crippen molar-refractivity contribution >= 4 is 5.91 Å². The van der Waals surface area contributed by atoms with Gasteiger partial charge in [-0.05, 0) is 30.2 Å². The maximum absolute atomic E-state index is 12.4. The summed E-state index contributed by atoms with van der Waals surface area (Å²) in [5.74, 6) is 1.24. The molecule has 0 spiro atoms. The molecule has 0 radical (unpaired) electrons. The smallest absolute Gasteiger partial charge is 0.260 e. The van der Waals surface area contributed by atoms with E-state index in [-0.39, 0.29) is 25.2 Å². The van der Waals surface area contributed by atoms with Gasteiger partial charge in [0.15, 0.2) is 6.61 Å². The molecule has 6 nitrogen and oxygen atoms in total. The number of aliphatic hydroxyl groups excluding tert-OH is 1. The van der Waals surface area contributed by atoms with Crippen molar-refractivity contribution in [2.24, 2.45) is 0 Å². The van der Waals surface area contributed by atoms with Crippen molar-refractivity contribution in [2.45, 2.75) is 38.9 Å². The summed E-state index contributed by atoms with van der Waals surface area (Å²) in [6, 6.07) is 11.0. The number of carbonyl (C=O) groups is 1. The predicted molar refractivity (Wildman–Crippen MR) is 102 cm³/mol. The van der Waals surface area contributed by atoms with E-state index in [1.54, 1.807) is 35.4 Å². The first kappa shape index (κ1) is 19.2. The van der Waals surface area contributed by atoms with Crippen LogP contribution >= 0.6 is 0 Å². The normalized spacial score (nSPS) is 16.4. The number of pyridine rings is 1. The zero-order valence-electron chi connectivity index (χ0n) is 15.6. The van der Waals surface area contributed by atoms with Crippen molar-refractivity contribution in [3.63, 3.8) is 0 Å². The second-order valence-corrected chi connectivity index (χ2v) is 6.68. The second kappa shape index (κ2) is 9.37. The third-order valence-electron chi connectivity index (χ3n) is 4.61. The SMILES string of the molecule is CCCc1cccnc1OC1CCN(C(=O)COc2ccc(CO)cc2)C1. The lowest BCUT2D eigenvalue weighted by molar-refractivity contribution is -0.132. The highest BCUT2D eigenvalue weighted by molar-refractivity contribution is 5.78. The summed E-state index contributed by atoms with van der Waals surface area (Å²) in [6.07, 6.45) is 4.46. The van der Waals surface area contributed by atoms with Crippen molar-refractivity contribution in [3.05, 3.63) is 53.7 Å². The van der Waals surface area contributed by atoms with Crippen molar-refractivity contribution in [3.8, 4) is 11.6 Å². The Hall–Kier alpha value is -2.60. The summed E-state index contributed by atoms with van der Waals surface area (Å²) in [5.41, 5.74) is 1.92. The van der Waals surface area contributed by atoms with Crippen LogP contribution in [0.2, 0.25) is 0 Å². The molecule has 0 bridgehead atoms. The first-order chi connectivity index (χ1) is 13.2. The lowest BCUT2D eigenvalue weighted by Gasteiger charge is -2.18. The maximum atomic E-state index is 12.4. The zero-order chi connectivity index (χ0) is 19.1. The lowest BCUT2D eigenvalue weighted by Crippen LogP contribution is -2.34. The van der Waals surface area contributed by atoms with Gasteiger partial charge in [0.25, 0.3) is 5.91 Å². The molecule has 1 N–H and O–H groups in total. The van der Waals surface area contributed by atoms with Gasteiger partial charge in [-0.2, -0.15) is 0 Å². The van der Waals surface area contributed by atoms with Crippen LogP contribution in [0.1, 0.15) is 30.9 Å². The van der Waals surface area contributed by atoms with Crippen LogP contribution in [0.5, 0.6) is 11.6 Å². The van der Waals surface area contributed by atoms with Crippen LogP contribution in [0.15, 0.2) is 42.6 Å². The van der Waals surface area contributed by atoms with Gasteiger partial charge < -0.3 is 19.5 Å². The first-order valence-electron chi connectivity index (χ1n) is 9.40. The molecule has 1 aliphatic rings. The minimum Gasteiger partial charge on any atom is -0.484 e. The van der Waals surface area contributed by atoms with E-state index >= 15 is 0 Å². The largest absolute Gasteiger partial charge is 0.484 e. The van der Waals surface area contributed by atoms with E-state index in [0.29, 0.717) is 24.7 Å². The first-order valence-corrected chi connectivity index (χ1v) is 9.40. The van der Waals surface area contributed by atoms with Crippen molar-refractivity contribution in [1.29, 1.82) is 0 Å². The molecular formula is C21H26N2O4. The Kier molecular flexibility index (Phi) is 6.65. The van der Waals surface area contributed by atoms with Crippen LogP contribution in [0.3, 0.4) is 0 Å². The topological polar surface area (TPSA) is 71.9 Å². The van der Waals surface area contributed by atoms with Crippen LogP contribution in [-0.4, -0.2) is 46.7 Å². The number of aliphatic hydroxyl groups is 1. The number of likely N-dealkylation sites (tertiary alicyclic amines) is 1. The molecule has 2 heterocycles. The summed E-state index contributed by atoms with van der Waals surface area (Å²) >= 11 is 0. The molecule has 0 aliphatic carbocycles. The Bertz CT molecular complexity index is 748. The number of nitrogens with zero attached hydrogens (tertiary/aromatic N) is 2. The lowest BCUT2D eigenvalue weighted by atomic mass is 10.1. The Balaban J connectivity index is 1.49. The van der Waals surface area contributed by atoms with Gasteiger partial charge >= 0.3 is 0 Å². The fourth-order valence-corrected chi connectivity index (χ4v) is 3.13. The minimum absolute atomic E-state index is 0.00410. The summed E-state index contributed by atoms with van der Waals surface area (Å²) < 4.78 is 11.6. The standard InChI is InChI=1S/C21H26N2O4/c1-2-4-17-5-3-11-22-21(17)27-19-10-12-23(13-19)20(25)15-26-18-8-6-16(14-24)7-9-18/h3,5-9,11,19,24H,2,4,10,12-15H2,1H3. The quantitative estimate of drug-likeness (QED) is 0.773. The average Bonchev–Trinajstić information content (AvgIpc) is 3.17. The fourth-order valence-electron chi connectivity index (χ4n) is 3.13. The molecule has 1 aromatic heterocycles. The van der Waals surface area contributed by atoms with E-state index < -0.39 is 0 Å². The summed E-state index contributed by atoms with van der Waals surface area (Å²) in [7, 11) is 0. The molecule has 1 saturated heterocycles. The summed E-state index contributed by atoms with van der Waals surface area (Å²) in [6.45, 7) is 3.32. The van der Waals surface area contributed by atoms with E-state index in [0.717, 1.165) is 30.4 Å². The maximum Gasteiger partial charge on any atom is 0.260 e. The molecular weight excluding hydrogens is 344 g/mol. The Morgan fingerprint density at radius 3 is 2.85 bits per heavy atom. The molecule has 1 aliphatic heterocycles. The van der Waals surface area contributed by atoms with E-state index in [1.165, 1.54) is 0 Å². The zero-order valence-corrected chi connectivity index (χ0v) is 15.6. The number of aromatic nitrogens is 1. The number of aryl methyl sites for hydroxylation is 1. The monoisotopic (exact) mass is 370 g/mol. The van der Waals surface area contributed by atoms with Crippen molar-refractivity contribution in [1.82, 2.24) is 9.88 Å². The molecule has 0 saturated carbocycles. The Labute approximate surface area is 159 Å². The van der Waals surface area contributed by atoms with Gasteiger partial charge in [0, 0.05) is 24.7 Å². The number of ether oxygens (including phenoxy) is 2. The number of rotatable bonds is 8. The van der Waals surface area contributed by atoms with Gasteiger partial charge in [0.2, 0.25) is 5.88 Å². The van der Waals surface area contributed by atoms with Crippen molar-refractivity contribution in [2.75, 3.05) is 19.7 Å². The van der Waals surface area contributed by atoms with Gasteiger partial charge in [-0.1, -0.05) is 31.5 Å². The molecule has 3 rings (SSSR count). The number of benzene rings is 1. The predicted octanol–water partition coefficient (Wildman–Crippen LogP) is 2.59.